The fourth-order valence-corrected chi connectivity index (χ4v) is 4.85. The van der Waals surface area contributed by atoms with Crippen LogP contribution in [-0.2, 0) is 20.2 Å². The zero-order valence-corrected chi connectivity index (χ0v) is 18.1. The van der Waals surface area contributed by atoms with E-state index in [2.05, 4.69) is 14.7 Å². The van der Waals surface area contributed by atoms with E-state index in [4.69, 9.17) is 4.74 Å². The molecule has 0 amide bonds. The Morgan fingerprint density at radius 2 is 1.83 bits per heavy atom. The summed E-state index contributed by atoms with van der Waals surface area (Å²) in [5.74, 6) is -0.600. The van der Waals surface area contributed by atoms with Crippen molar-refractivity contribution in [1.29, 1.82) is 0 Å². The van der Waals surface area contributed by atoms with Crippen molar-refractivity contribution in [2.45, 2.75) is 31.1 Å². The van der Waals surface area contributed by atoms with Gasteiger partial charge in [-0.2, -0.15) is 0 Å². The number of aromatic nitrogens is 2. The van der Waals surface area contributed by atoms with Crippen LogP contribution in [0.15, 0.2) is 53.3 Å². The van der Waals surface area contributed by atoms with Gasteiger partial charge in [0.25, 0.3) is 10.0 Å². The highest BCUT2D eigenvalue weighted by atomic mass is 32.2. The smallest absolute Gasteiger partial charge is 0.350 e. The van der Waals surface area contributed by atoms with Crippen LogP contribution in [0.5, 0.6) is 0 Å². The van der Waals surface area contributed by atoms with E-state index in [1.165, 1.54) is 19.5 Å². The topological polar surface area (TPSA) is 98.2 Å². The Morgan fingerprint density at radius 3 is 2.45 bits per heavy atom. The number of thiophene rings is 1. The van der Waals surface area contributed by atoms with Gasteiger partial charge in [-0.1, -0.05) is 26.8 Å². The summed E-state index contributed by atoms with van der Waals surface area (Å²) in [6.07, 6.45) is 4.52. The number of rotatable bonds is 5. The molecule has 3 rings (SSSR count). The number of sulfonamides is 1. The molecule has 0 fully saturated rings. The number of methoxy groups -OCH3 is 1. The minimum Gasteiger partial charge on any atom is -0.465 e. The summed E-state index contributed by atoms with van der Waals surface area (Å²) in [5.41, 5.74) is 2.04. The third-order valence-electron chi connectivity index (χ3n) is 4.29. The Hall–Kier alpha value is -2.78. The largest absolute Gasteiger partial charge is 0.465 e. The summed E-state index contributed by atoms with van der Waals surface area (Å²) in [6.45, 7) is 6.15. The molecule has 0 radical (unpaired) electrons. The highest BCUT2D eigenvalue weighted by Crippen LogP contribution is 2.34. The summed E-state index contributed by atoms with van der Waals surface area (Å²) in [7, 11) is -2.75. The predicted molar refractivity (Wildman–Crippen MR) is 113 cm³/mol. The van der Waals surface area contributed by atoms with Crippen LogP contribution in [0.2, 0.25) is 0 Å². The van der Waals surface area contributed by atoms with Gasteiger partial charge in [-0.25, -0.2) is 23.2 Å². The lowest BCUT2D eigenvalue weighted by atomic mass is 9.85. The van der Waals surface area contributed by atoms with Crippen LogP contribution in [0.4, 0.5) is 5.69 Å². The van der Waals surface area contributed by atoms with Crippen LogP contribution in [0.1, 0.15) is 36.0 Å². The van der Waals surface area contributed by atoms with E-state index < -0.39 is 16.0 Å². The monoisotopic (exact) mass is 431 g/mol. The molecule has 0 aliphatic heterocycles. The number of nitrogens with zero attached hydrogens (tertiary/aromatic N) is 2. The zero-order valence-electron chi connectivity index (χ0n) is 16.5. The average molecular weight is 432 g/mol. The molecule has 29 heavy (non-hydrogen) atoms. The Kier molecular flexibility index (Phi) is 5.72. The lowest BCUT2D eigenvalue weighted by Crippen LogP contribution is -2.17. The van der Waals surface area contributed by atoms with Gasteiger partial charge in [0.1, 0.15) is 11.2 Å². The number of hydrogen-bond donors (Lipinski definition) is 1. The molecule has 1 N–H and O–H groups in total. The van der Waals surface area contributed by atoms with Gasteiger partial charge in [0.2, 0.25) is 0 Å². The first-order valence-electron chi connectivity index (χ1n) is 8.72. The zero-order chi connectivity index (χ0) is 21.2. The maximum atomic E-state index is 13.2. The van der Waals surface area contributed by atoms with Crippen LogP contribution in [0.25, 0.3) is 11.1 Å². The maximum Gasteiger partial charge on any atom is 0.350 e. The van der Waals surface area contributed by atoms with E-state index >= 15 is 0 Å². The number of ether oxygens (including phenoxy) is 1. The second kappa shape index (κ2) is 7.92. The third-order valence-corrected chi connectivity index (χ3v) is 6.61. The molecule has 7 nitrogen and oxygen atoms in total. The normalized spacial score (nSPS) is 11.9. The second-order valence-electron chi connectivity index (χ2n) is 7.35. The van der Waals surface area contributed by atoms with Crippen LogP contribution in [-0.4, -0.2) is 31.5 Å². The molecule has 9 heteroatoms. The van der Waals surface area contributed by atoms with Gasteiger partial charge < -0.3 is 4.74 Å². The van der Waals surface area contributed by atoms with Crippen molar-refractivity contribution >= 4 is 33.0 Å². The number of carbonyl (C=O) groups excluding carboxylic acids is 1. The number of nitrogens with one attached hydrogen (secondary N) is 1. The number of carbonyl (C=O) groups is 1. The minimum absolute atomic E-state index is 0.0716. The molecule has 0 atom stereocenters. The molecule has 2 heterocycles. The van der Waals surface area contributed by atoms with E-state index in [1.54, 1.807) is 29.9 Å². The van der Waals surface area contributed by atoms with Crippen molar-refractivity contribution in [3.05, 3.63) is 58.8 Å². The summed E-state index contributed by atoms with van der Waals surface area (Å²) in [5, 5.41) is 1.62. The van der Waals surface area contributed by atoms with E-state index in [0.717, 1.165) is 16.9 Å². The number of anilines is 1. The van der Waals surface area contributed by atoms with Gasteiger partial charge in [0, 0.05) is 23.5 Å². The fourth-order valence-electron chi connectivity index (χ4n) is 2.73. The van der Waals surface area contributed by atoms with Crippen LogP contribution >= 0.6 is 11.3 Å². The van der Waals surface area contributed by atoms with E-state index in [-0.39, 0.29) is 20.9 Å². The lowest BCUT2D eigenvalue weighted by Gasteiger charge is -2.21. The van der Waals surface area contributed by atoms with Gasteiger partial charge >= 0.3 is 5.97 Å². The minimum atomic E-state index is -4.00. The second-order valence-corrected chi connectivity index (χ2v) is 9.92. The fraction of sp³-hybridized carbons (Fsp3) is 0.250. The molecule has 0 saturated heterocycles. The summed E-state index contributed by atoms with van der Waals surface area (Å²) in [4.78, 5) is 20.2. The first-order chi connectivity index (χ1) is 13.6. The Morgan fingerprint density at radius 1 is 1.14 bits per heavy atom. The maximum absolute atomic E-state index is 13.2. The van der Waals surface area contributed by atoms with Gasteiger partial charge in [0.15, 0.2) is 0 Å². The average Bonchev–Trinajstić information content (AvgIpc) is 3.14. The molecule has 0 bridgehead atoms. The van der Waals surface area contributed by atoms with E-state index in [0.29, 0.717) is 11.1 Å². The van der Waals surface area contributed by atoms with Gasteiger partial charge in [0.05, 0.1) is 17.7 Å². The number of hydrogen-bond acceptors (Lipinski definition) is 7. The molecule has 0 spiro atoms. The highest BCUT2D eigenvalue weighted by Gasteiger charge is 2.25. The first kappa shape index (κ1) is 20.9. The lowest BCUT2D eigenvalue weighted by molar-refractivity contribution is 0.0607. The molecular formula is C20H21N3O4S2. The van der Waals surface area contributed by atoms with Crippen LogP contribution in [0.3, 0.4) is 0 Å². The molecule has 0 aliphatic carbocycles. The van der Waals surface area contributed by atoms with Crippen molar-refractivity contribution in [2.75, 3.05) is 11.8 Å². The van der Waals surface area contributed by atoms with Crippen molar-refractivity contribution < 1.29 is 17.9 Å². The van der Waals surface area contributed by atoms with Gasteiger partial charge in [-0.15, -0.1) is 11.3 Å². The van der Waals surface area contributed by atoms with Crippen LogP contribution in [0, 0.1) is 0 Å². The van der Waals surface area contributed by atoms with Gasteiger partial charge in [-0.3, -0.25) is 4.72 Å². The van der Waals surface area contributed by atoms with E-state index in [9.17, 15) is 13.2 Å². The standard InChI is InChI=1S/C20H21N3O4S2/c1-20(2,3)14-5-6-17(15(9-14)13-10-21-12-22-11-13)29(25,26)23-16-7-8-28-18(16)19(24)27-4/h5-12,23H,1-4H3. The van der Waals surface area contributed by atoms with Crippen molar-refractivity contribution in [1.82, 2.24) is 9.97 Å². The highest BCUT2D eigenvalue weighted by molar-refractivity contribution is 7.92. The Labute approximate surface area is 173 Å². The summed E-state index contributed by atoms with van der Waals surface area (Å²) in [6, 6.07) is 6.72. The molecule has 3 aromatic rings. The summed E-state index contributed by atoms with van der Waals surface area (Å²) >= 11 is 1.10. The predicted octanol–water partition coefficient (Wildman–Crippen LogP) is 4.09. The van der Waals surface area contributed by atoms with Crippen LogP contribution < -0.4 is 4.72 Å². The summed E-state index contributed by atoms with van der Waals surface area (Å²) < 4.78 is 33.7. The molecule has 0 aliphatic rings. The third kappa shape index (κ3) is 4.46. The SMILES string of the molecule is COC(=O)c1sccc1NS(=O)(=O)c1ccc(C(C)(C)C)cc1-c1cncnc1. The Bertz CT molecular complexity index is 1130. The van der Waals surface area contributed by atoms with Gasteiger partial charge in [-0.05, 0) is 34.6 Å². The quantitative estimate of drug-likeness (QED) is 0.611. The molecular weight excluding hydrogens is 410 g/mol. The van der Waals surface area contributed by atoms with Crippen molar-refractivity contribution in [3.63, 3.8) is 0 Å². The number of esters is 1. The van der Waals surface area contributed by atoms with Crippen molar-refractivity contribution in [2.24, 2.45) is 0 Å². The van der Waals surface area contributed by atoms with E-state index in [1.807, 2.05) is 26.8 Å². The number of benzene rings is 1. The Balaban J connectivity index is 2.12. The molecule has 152 valence electrons. The molecule has 0 saturated carbocycles. The first-order valence-corrected chi connectivity index (χ1v) is 11.1. The molecule has 0 unspecified atom stereocenters. The molecule has 1 aromatic carbocycles. The van der Waals surface area contributed by atoms with Crippen molar-refractivity contribution in [3.8, 4) is 11.1 Å². The molecule has 2 aromatic heterocycles.